The van der Waals surface area contributed by atoms with Crippen LogP contribution < -0.4 is 5.73 Å². The summed E-state index contributed by atoms with van der Waals surface area (Å²) in [7, 11) is 0. The highest BCUT2D eigenvalue weighted by Gasteiger charge is 2.03. The van der Waals surface area contributed by atoms with Gasteiger partial charge in [0, 0.05) is 11.3 Å². The molecule has 1 heterocycles. The van der Waals surface area contributed by atoms with E-state index in [0.717, 1.165) is 10.7 Å². The zero-order valence-corrected chi connectivity index (χ0v) is 8.18. The van der Waals surface area contributed by atoms with Gasteiger partial charge in [-0.2, -0.15) is 0 Å². The number of nitrogens with two attached hydrogens (primary N) is 1. The fraction of sp³-hybridized carbons (Fsp3) is 0.429. The first-order valence-corrected chi connectivity index (χ1v) is 4.53. The van der Waals surface area contributed by atoms with Crippen molar-refractivity contribution in [3.05, 3.63) is 15.6 Å². The minimum atomic E-state index is 0.513. The van der Waals surface area contributed by atoms with Crippen LogP contribution in [-0.4, -0.2) is 9.97 Å². The van der Waals surface area contributed by atoms with Gasteiger partial charge in [0.1, 0.15) is 0 Å². The Morgan fingerprint density at radius 2 is 2.27 bits per heavy atom. The third-order valence-electron chi connectivity index (χ3n) is 1.40. The average Bonchev–Trinajstić information content (AvgIpc) is 2.10. The van der Waals surface area contributed by atoms with Crippen molar-refractivity contribution < 1.29 is 0 Å². The zero-order chi connectivity index (χ0) is 8.43. The third-order valence-corrected chi connectivity index (χ3v) is 2.62. The van der Waals surface area contributed by atoms with E-state index in [9.17, 15) is 0 Å². The molecule has 0 saturated heterocycles. The van der Waals surface area contributed by atoms with Gasteiger partial charge in [-0.05, 0) is 13.8 Å². The molecule has 0 saturated carbocycles. The number of thiocarbonyl (C=S) groups is 1. The smallest absolute Gasteiger partial charge is 0.0998 e. The fourth-order valence-electron chi connectivity index (χ4n) is 0.764. The number of aromatic nitrogens is 1. The Bertz CT molecular complexity index is 258. The van der Waals surface area contributed by atoms with E-state index >= 15 is 0 Å². The lowest BCUT2D eigenvalue weighted by Crippen LogP contribution is -2.10. The molecular weight excluding hydrogens is 176 g/mol. The molecule has 2 nitrogen and oxygen atoms in total. The molecule has 1 aromatic rings. The molecule has 0 aliphatic rings. The van der Waals surface area contributed by atoms with Crippen LogP contribution in [0.15, 0.2) is 0 Å². The number of hydrogen-bond acceptors (Lipinski definition) is 3. The summed E-state index contributed by atoms with van der Waals surface area (Å²) in [5, 5.41) is 1.02. The quantitative estimate of drug-likeness (QED) is 0.713. The molecule has 11 heavy (non-hydrogen) atoms. The number of hydrogen-bond donors (Lipinski definition) is 1. The molecule has 4 heteroatoms. The number of aryl methyl sites for hydroxylation is 2. The van der Waals surface area contributed by atoms with E-state index in [2.05, 4.69) is 11.9 Å². The molecule has 0 radical (unpaired) electrons. The van der Waals surface area contributed by atoms with Crippen molar-refractivity contribution >= 4 is 28.5 Å². The molecule has 0 unspecified atom stereocenters. The summed E-state index contributed by atoms with van der Waals surface area (Å²) in [6.07, 6.45) is 0.634. The molecule has 0 atom stereocenters. The monoisotopic (exact) mass is 186 g/mol. The standard InChI is InChI=1S/C7H10N2S2/c1-4-5(2)11-7(9-4)3-6(8)10/h3H2,1-2H3,(H2,8,10). The second-order valence-corrected chi connectivity index (χ2v) is 4.20. The summed E-state index contributed by atoms with van der Waals surface area (Å²) < 4.78 is 0. The number of thiazole rings is 1. The molecule has 1 rings (SSSR count). The van der Waals surface area contributed by atoms with Crippen molar-refractivity contribution in [3.8, 4) is 0 Å². The summed E-state index contributed by atoms with van der Waals surface area (Å²) in [5.74, 6) is 0. The highest BCUT2D eigenvalue weighted by atomic mass is 32.1. The molecule has 0 amide bonds. The van der Waals surface area contributed by atoms with Crippen LogP contribution in [0.4, 0.5) is 0 Å². The highest BCUT2D eigenvalue weighted by molar-refractivity contribution is 7.80. The van der Waals surface area contributed by atoms with Crippen molar-refractivity contribution in [2.24, 2.45) is 5.73 Å². The lowest BCUT2D eigenvalue weighted by atomic mass is 10.4. The maximum atomic E-state index is 5.38. The van der Waals surface area contributed by atoms with Gasteiger partial charge in [0.2, 0.25) is 0 Å². The van der Waals surface area contributed by atoms with E-state index in [1.54, 1.807) is 11.3 Å². The molecule has 60 valence electrons. The first-order chi connectivity index (χ1) is 5.09. The fourth-order valence-corrected chi connectivity index (χ4v) is 1.95. The first-order valence-electron chi connectivity index (χ1n) is 3.31. The van der Waals surface area contributed by atoms with Crippen LogP contribution in [0.2, 0.25) is 0 Å². The third kappa shape index (κ3) is 2.24. The SMILES string of the molecule is Cc1nc(CC(N)=S)sc1C. The Labute approximate surface area is 75.4 Å². The van der Waals surface area contributed by atoms with Gasteiger partial charge in [-0.3, -0.25) is 0 Å². The predicted molar refractivity (Wildman–Crippen MR) is 52.1 cm³/mol. The van der Waals surface area contributed by atoms with E-state index in [1.807, 2.05) is 6.92 Å². The molecular formula is C7H10N2S2. The van der Waals surface area contributed by atoms with Crippen LogP contribution >= 0.6 is 23.6 Å². The summed E-state index contributed by atoms with van der Waals surface area (Å²) in [6, 6.07) is 0. The first kappa shape index (κ1) is 8.62. The topological polar surface area (TPSA) is 38.9 Å². The molecule has 0 fully saturated rings. The maximum absolute atomic E-state index is 5.38. The minimum absolute atomic E-state index is 0.513. The van der Waals surface area contributed by atoms with E-state index in [4.69, 9.17) is 18.0 Å². The van der Waals surface area contributed by atoms with Crippen molar-refractivity contribution in [1.29, 1.82) is 0 Å². The van der Waals surface area contributed by atoms with Gasteiger partial charge in [-0.15, -0.1) is 11.3 Å². The largest absolute Gasteiger partial charge is 0.393 e. The van der Waals surface area contributed by atoms with Crippen LogP contribution in [0, 0.1) is 13.8 Å². The van der Waals surface area contributed by atoms with Gasteiger partial charge in [0.05, 0.1) is 15.7 Å². The Morgan fingerprint density at radius 1 is 1.64 bits per heavy atom. The lowest BCUT2D eigenvalue weighted by Gasteiger charge is -1.89. The number of rotatable bonds is 2. The summed E-state index contributed by atoms with van der Waals surface area (Å²) >= 11 is 6.44. The summed E-state index contributed by atoms with van der Waals surface area (Å²) in [5.41, 5.74) is 6.47. The molecule has 0 aliphatic heterocycles. The van der Waals surface area contributed by atoms with Crippen molar-refractivity contribution in [2.75, 3.05) is 0 Å². The van der Waals surface area contributed by atoms with E-state index in [1.165, 1.54) is 4.88 Å². The van der Waals surface area contributed by atoms with Gasteiger partial charge >= 0.3 is 0 Å². The molecule has 0 aromatic carbocycles. The maximum Gasteiger partial charge on any atom is 0.0998 e. The second kappa shape index (κ2) is 3.28. The molecule has 0 spiro atoms. The molecule has 2 N–H and O–H groups in total. The molecule has 0 bridgehead atoms. The predicted octanol–water partition coefficient (Wildman–Crippen LogP) is 1.59. The van der Waals surface area contributed by atoms with Crippen LogP contribution in [-0.2, 0) is 6.42 Å². The van der Waals surface area contributed by atoms with Crippen molar-refractivity contribution in [1.82, 2.24) is 4.98 Å². The van der Waals surface area contributed by atoms with Gasteiger partial charge < -0.3 is 5.73 Å². The van der Waals surface area contributed by atoms with Crippen LogP contribution in [0.1, 0.15) is 15.6 Å². The van der Waals surface area contributed by atoms with Crippen molar-refractivity contribution in [3.63, 3.8) is 0 Å². The summed E-state index contributed by atoms with van der Waals surface area (Å²) in [6.45, 7) is 4.05. The summed E-state index contributed by atoms with van der Waals surface area (Å²) in [4.78, 5) is 6.06. The Morgan fingerprint density at radius 3 is 2.64 bits per heavy atom. The van der Waals surface area contributed by atoms with Crippen LogP contribution in [0.5, 0.6) is 0 Å². The van der Waals surface area contributed by atoms with Crippen molar-refractivity contribution in [2.45, 2.75) is 20.3 Å². The normalized spacial score (nSPS) is 10.0. The van der Waals surface area contributed by atoms with Crippen LogP contribution in [0.25, 0.3) is 0 Å². The Kier molecular flexibility index (Phi) is 2.57. The Hall–Kier alpha value is -0.480. The van der Waals surface area contributed by atoms with E-state index in [0.29, 0.717) is 11.4 Å². The molecule has 1 aromatic heterocycles. The van der Waals surface area contributed by atoms with Gasteiger partial charge in [-0.1, -0.05) is 12.2 Å². The van der Waals surface area contributed by atoms with Gasteiger partial charge in [0.25, 0.3) is 0 Å². The average molecular weight is 186 g/mol. The van der Waals surface area contributed by atoms with E-state index in [-0.39, 0.29) is 0 Å². The van der Waals surface area contributed by atoms with E-state index < -0.39 is 0 Å². The lowest BCUT2D eigenvalue weighted by molar-refractivity contribution is 1.15. The van der Waals surface area contributed by atoms with Crippen LogP contribution in [0.3, 0.4) is 0 Å². The number of nitrogens with zero attached hydrogens (tertiary/aromatic N) is 1. The van der Waals surface area contributed by atoms with Gasteiger partial charge in [0.15, 0.2) is 0 Å². The highest BCUT2D eigenvalue weighted by Crippen LogP contribution is 2.16. The Balaban J connectivity index is 2.81. The minimum Gasteiger partial charge on any atom is -0.393 e. The molecule has 0 aliphatic carbocycles. The van der Waals surface area contributed by atoms with Gasteiger partial charge in [-0.25, -0.2) is 4.98 Å². The second-order valence-electron chi connectivity index (χ2n) is 2.39. The zero-order valence-electron chi connectivity index (χ0n) is 6.55.